The topological polar surface area (TPSA) is 53.3 Å². The molecule has 0 saturated carbocycles. The maximum absolute atomic E-state index is 13.7. The summed E-state index contributed by atoms with van der Waals surface area (Å²) in [7, 11) is 0. The van der Waals surface area contributed by atoms with Crippen LogP contribution >= 0.6 is 11.6 Å². The van der Waals surface area contributed by atoms with Crippen LogP contribution in [0.5, 0.6) is 0 Å². The third-order valence-electron chi connectivity index (χ3n) is 5.72. The molecule has 148 valence electrons. The highest BCUT2D eigenvalue weighted by atomic mass is 35.5. The predicted molar refractivity (Wildman–Crippen MR) is 115 cm³/mol. The van der Waals surface area contributed by atoms with Gasteiger partial charge < -0.3 is 0 Å². The summed E-state index contributed by atoms with van der Waals surface area (Å²) < 4.78 is 1.79. The molecule has 6 heteroatoms. The number of hydrogen-bond acceptors (Lipinski definition) is 3. The van der Waals surface area contributed by atoms with Crippen LogP contribution in [0, 0.1) is 0 Å². The third kappa shape index (κ3) is 3.02. The average Bonchev–Trinajstić information content (AvgIpc) is 3.21. The number of amides is 2. The molecule has 0 bridgehead atoms. The van der Waals surface area contributed by atoms with Crippen LogP contribution in [-0.2, 0) is 9.59 Å². The zero-order valence-corrected chi connectivity index (χ0v) is 16.9. The molecule has 0 aliphatic carbocycles. The number of amidine groups is 1. The lowest BCUT2D eigenvalue weighted by molar-refractivity contribution is -0.489. The van der Waals surface area contributed by atoms with E-state index in [-0.39, 0.29) is 17.9 Å². The molecule has 2 amide bonds. The van der Waals surface area contributed by atoms with Crippen molar-refractivity contribution in [3.05, 3.63) is 95.3 Å². The van der Waals surface area contributed by atoms with E-state index in [1.807, 2.05) is 66.7 Å². The van der Waals surface area contributed by atoms with Gasteiger partial charge in [0.25, 0.3) is 5.84 Å². The highest BCUT2D eigenvalue weighted by Gasteiger charge is 2.54. The van der Waals surface area contributed by atoms with E-state index in [2.05, 4.69) is 4.98 Å². The van der Waals surface area contributed by atoms with Crippen LogP contribution in [0.3, 0.4) is 0 Å². The van der Waals surface area contributed by atoms with Gasteiger partial charge in [0, 0.05) is 18.2 Å². The van der Waals surface area contributed by atoms with Crippen LogP contribution in [0.4, 0.5) is 5.69 Å². The van der Waals surface area contributed by atoms with Crippen LogP contribution in [0.1, 0.15) is 35.9 Å². The number of aromatic nitrogens is 1. The Morgan fingerprint density at radius 3 is 2.27 bits per heavy atom. The quantitative estimate of drug-likeness (QED) is 0.362. The number of benzene rings is 2. The van der Waals surface area contributed by atoms with Gasteiger partial charge in [-0.25, -0.2) is 14.6 Å². The minimum Gasteiger partial charge on any atom is -0.245 e. The lowest BCUT2D eigenvalue weighted by Crippen LogP contribution is -2.52. The van der Waals surface area contributed by atoms with Gasteiger partial charge in [0.05, 0.1) is 6.42 Å². The number of nitrogens with zero attached hydrogens (tertiary/aromatic N) is 3. The van der Waals surface area contributed by atoms with E-state index >= 15 is 0 Å². The lowest BCUT2D eigenvalue weighted by atomic mass is 9.94. The molecule has 3 heterocycles. The Bertz CT molecular complexity index is 1140. The third-order valence-corrected chi connectivity index (χ3v) is 5.95. The van der Waals surface area contributed by atoms with Crippen molar-refractivity contribution in [2.75, 3.05) is 4.90 Å². The molecule has 0 radical (unpaired) electrons. The van der Waals surface area contributed by atoms with E-state index in [0.717, 1.165) is 23.5 Å². The Morgan fingerprint density at radius 1 is 0.900 bits per heavy atom. The van der Waals surface area contributed by atoms with Crippen LogP contribution in [0.15, 0.2) is 79.0 Å². The van der Waals surface area contributed by atoms with E-state index < -0.39 is 5.92 Å². The van der Waals surface area contributed by atoms with Crippen molar-refractivity contribution < 1.29 is 14.2 Å². The molecule has 2 atom stereocenters. The predicted octanol–water partition coefficient (Wildman–Crippen LogP) is 4.34. The normalized spacial score (nSPS) is 21.2. The molecule has 2 unspecified atom stereocenters. The molecule has 2 aromatic carbocycles. The largest absolute Gasteiger partial charge is 0.333 e. The SMILES string of the molecule is O=C1C(c2ccccc2)C(=O)[N+]2=C(CCC2c2ccc(Cl)nc2)N1c1ccccc1. The van der Waals surface area contributed by atoms with Gasteiger partial charge in [0.1, 0.15) is 16.9 Å². The summed E-state index contributed by atoms with van der Waals surface area (Å²) in [6, 6.07) is 22.2. The van der Waals surface area contributed by atoms with Crippen molar-refractivity contribution in [1.29, 1.82) is 0 Å². The maximum atomic E-state index is 13.7. The van der Waals surface area contributed by atoms with Crippen molar-refractivity contribution in [3.8, 4) is 0 Å². The van der Waals surface area contributed by atoms with Gasteiger partial charge in [-0.3, -0.25) is 0 Å². The van der Waals surface area contributed by atoms with Crippen LogP contribution < -0.4 is 4.90 Å². The Balaban J connectivity index is 1.68. The van der Waals surface area contributed by atoms with E-state index in [4.69, 9.17) is 11.6 Å². The minimum absolute atomic E-state index is 0.178. The molecule has 2 aliphatic heterocycles. The first-order valence-electron chi connectivity index (χ1n) is 9.89. The zero-order chi connectivity index (χ0) is 20.7. The average molecular weight is 417 g/mol. The van der Waals surface area contributed by atoms with E-state index in [1.54, 1.807) is 21.7 Å². The Morgan fingerprint density at radius 2 is 1.60 bits per heavy atom. The molecule has 5 rings (SSSR count). The number of hydrogen-bond donors (Lipinski definition) is 0. The molecular formula is C24H19ClN3O2+. The highest BCUT2D eigenvalue weighted by Crippen LogP contribution is 2.38. The van der Waals surface area contributed by atoms with Crippen LogP contribution in [0.25, 0.3) is 0 Å². The molecule has 0 saturated heterocycles. The Kier molecular flexibility index (Phi) is 4.68. The lowest BCUT2D eigenvalue weighted by Gasteiger charge is -2.27. The summed E-state index contributed by atoms with van der Waals surface area (Å²) in [4.78, 5) is 33.2. The van der Waals surface area contributed by atoms with Gasteiger partial charge in [0.15, 0.2) is 5.92 Å². The second-order valence-corrected chi connectivity index (χ2v) is 7.83. The first-order valence-corrected chi connectivity index (χ1v) is 10.3. The fraction of sp³-hybridized carbons (Fsp3) is 0.167. The molecule has 3 aromatic rings. The molecular weight excluding hydrogens is 398 g/mol. The maximum Gasteiger partial charge on any atom is 0.333 e. The first-order chi connectivity index (χ1) is 14.6. The van der Waals surface area contributed by atoms with Crippen molar-refractivity contribution in [2.24, 2.45) is 0 Å². The molecule has 0 fully saturated rings. The van der Waals surface area contributed by atoms with Crippen LogP contribution in [-0.4, -0.2) is 27.2 Å². The fourth-order valence-corrected chi connectivity index (χ4v) is 4.49. The molecule has 0 N–H and O–H groups in total. The Hall–Kier alpha value is -3.31. The number of halogens is 1. The highest BCUT2D eigenvalue weighted by molar-refractivity contribution is 6.29. The van der Waals surface area contributed by atoms with Gasteiger partial charge >= 0.3 is 11.8 Å². The molecule has 30 heavy (non-hydrogen) atoms. The number of para-hydroxylation sites is 1. The van der Waals surface area contributed by atoms with Gasteiger partial charge in [-0.15, -0.1) is 0 Å². The summed E-state index contributed by atoms with van der Waals surface area (Å²) >= 11 is 5.96. The van der Waals surface area contributed by atoms with Crippen molar-refractivity contribution in [1.82, 2.24) is 4.98 Å². The second kappa shape index (κ2) is 7.50. The number of carbonyl (C=O) groups excluding carboxylic acids is 2. The molecule has 2 aliphatic rings. The van der Waals surface area contributed by atoms with Crippen molar-refractivity contribution in [2.45, 2.75) is 24.8 Å². The summed E-state index contributed by atoms with van der Waals surface area (Å²) in [5.74, 6) is -0.552. The molecule has 5 nitrogen and oxygen atoms in total. The molecule has 1 aromatic heterocycles. The number of anilines is 1. The monoisotopic (exact) mass is 416 g/mol. The van der Waals surface area contributed by atoms with Crippen molar-refractivity contribution >= 4 is 34.9 Å². The summed E-state index contributed by atoms with van der Waals surface area (Å²) in [5, 5.41) is 0.411. The van der Waals surface area contributed by atoms with Crippen molar-refractivity contribution in [3.63, 3.8) is 0 Å². The van der Waals surface area contributed by atoms with E-state index in [0.29, 0.717) is 17.1 Å². The summed E-state index contributed by atoms with van der Waals surface area (Å²) in [6.45, 7) is 0. The van der Waals surface area contributed by atoms with Gasteiger partial charge in [-0.05, 0) is 23.8 Å². The van der Waals surface area contributed by atoms with E-state index in [9.17, 15) is 9.59 Å². The Labute approximate surface area is 179 Å². The number of rotatable bonds is 3. The summed E-state index contributed by atoms with van der Waals surface area (Å²) in [5.41, 5.74) is 2.38. The van der Waals surface area contributed by atoms with Gasteiger partial charge in [0.2, 0.25) is 0 Å². The first kappa shape index (κ1) is 18.7. The van der Waals surface area contributed by atoms with E-state index in [1.165, 1.54) is 0 Å². The standard InChI is InChI=1S/C24H19ClN3O2/c25-20-13-11-17(15-26-20)19-12-14-21-27(18-9-5-2-6-10-18)23(29)22(24(30)28(19)21)16-7-3-1-4-8-16/h1-11,13,15,19,22H,12,14H2/q+1. The molecule has 0 spiro atoms. The minimum atomic E-state index is -0.879. The number of pyridine rings is 1. The zero-order valence-electron chi connectivity index (χ0n) is 16.1. The van der Waals surface area contributed by atoms with Gasteiger partial charge in [-0.1, -0.05) is 66.2 Å². The van der Waals surface area contributed by atoms with Crippen LogP contribution in [0.2, 0.25) is 5.15 Å². The smallest absolute Gasteiger partial charge is 0.245 e. The fourth-order valence-electron chi connectivity index (χ4n) is 4.38. The van der Waals surface area contributed by atoms with Gasteiger partial charge in [-0.2, -0.15) is 9.48 Å². The number of carbonyl (C=O) groups is 2. The second-order valence-electron chi connectivity index (χ2n) is 7.45. The summed E-state index contributed by atoms with van der Waals surface area (Å²) in [6.07, 6.45) is 3.06.